The molecule has 0 radical (unpaired) electrons. The Balaban J connectivity index is 2.55. The summed E-state index contributed by atoms with van der Waals surface area (Å²) < 4.78 is 1.84. The monoisotopic (exact) mass is 240 g/mol. The van der Waals surface area contributed by atoms with Crippen LogP contribution in [-0.2, 0) is 0 Å². The smallest absolute Gasteiger partial charge is 0.0664 e. The maximum Gasteiger partial charge on any atom is 0.0664 e. The van der Waals surface area contributed by atoms with Gasteiger partial charge in [-0.05, 0) is 37.6 Å². The van der Waals surface area contributed by atoms with Crippen LogP contribution in [0, 0.1) is 13.8 Å². The topological polar surface area (TPSA) is 17.8 Å². The lowest BCUT2D eigenvalue weighted by atomic mass is 10.3. The van der Waals surface area contributed by atoms with Crippen molar-refractivity contribution in [1.29, 1.82) is 0 Å². The quantitative estimate of drug-likeness (QED) is 0.742. The molecule has 0 aliphatic heterocycles. The average Bonchev–Trinajstić information content (AvgIpc) is 2.53. The molecule has 0 atom stereocenters. The Kier molecular flexibility index (Phi) is 2.72. The minimum absolute atomic E-state index is 0.543. The number of rotatable bonds is 1. The van der Waals surface area contributed by atoms with Gasteiger partial charge in [-0.15, -0.1) is 0 Å². The van der Waals surface area contributed by atoms with Gasteiger partial charge in [0.1, 0.15) is 0 Å². The zero-order valence-electron chi connectivity index (χ0n) is 8.46. The summed E-state index contributed by atoms with van der Waals surface area (Å²) in [5, 5.41) is 5.37. The summed E-state index contributed by atoms with van der Waals surface area (Å²) in [6.45, 7) is 4.04. The van der Waals surface area contributed by atoms with E-state index >= 15 is 0 Å². The molecule has 4 heteroatoms. The third-order valence-electron chi connectivity index (χ3n) is 2.40. The van der Waals surface area contributed by atoms with Crippen molar-refractivity contribution in [2.24, 2.45) is 0 Å². The molecule has 0 bridgehead atoms. The summed E-state index contributed by atoms with van der Waals surface area (Å²) in [5.74, 6) is 0. The van der Waals surface area contributed by atoms with Crippen LogP contribution in [0.5, 0.6) is 0 Å². The normalized spacial score (nSPS) is 10.7. The van der Waals surface area contributed by atoms with Crippen molar-refractivity contribution < 1.29 is 0 Å². The molecule has 0 unspecified atom stereocenters. The molecule has 78 valence electrons. The predicted molar refractivity (Wildman–Crippen MR) is 63.1 cm³/mol. The van der Waals surface area contributed by atoms with E-state index in [1.165, 1.54) is 0 Å². The summed E-state index contributed by atoms with van der Waals surface area (Å²) in [6, 6.07) is 5.48. The first-order valence-electron chi connectivity index (χ1n) is 4.56. The molecule has 0 aliphatic rings. The predicted octanol–water partition coefficient (Wildman–Crippen LogP) is 3.80. The molecule has 2 rings (SSSR count). The largest absolute Gasteiger partial charge is 0.238 e. The Morgan fingerprint density at radius 1 is 1.13 bits per heavy atom. The van der Waals surface area contributed by atoms with Crippen molar-refractivity contribution in [2.45, 2.75) is 13.8 Å². The number of aryl methyl sites for hydroxylation is 1. The fourth-order valence-electron chi connectivity index (χ4n) is 1.37. The SMILES string of the molecule is Cc1cnn(-c2ccc(Cl)c(Cl)c2)c1C. The summed E-state index contributed by atoms with van der Waals surface area (Å²) >= 11 is 11.8. The third kappa shape index (κ3) is 1.87. The molecule has 1 heterocycles. The third-order valence-corrected chi connectivity index (χ3v) is 3.14. The molecule has 2 aromatic rings. The lowest BCUT2D eigenvalue weighted by molar-refractivity contribution is 0.846. The van der Waals surface area contributed by atoms with Gasteiger partial charge in [0.2, 0.25) is 0 Å². The molecule has 0 aliphatic carbocycles. The van der Waals surface area contributed by atoms with Crippen molar-refractivity contribution >= 4 is 23.2 Å². The molecule has 0 spiro atoms. The second-order valence-corrected chi connectivity index (χ2v) is 4.24. The van der Waals surface area contributed by atoms with E-state index in [1.54, 1.807) is 6.07 Å². The second-order valence-electron chi connectivity index (χ2n) is 3.42. The van der Waals surface area contributed by atoms with Crippen molar-refractivity contribution in [3.05, 3.63) is 45.7 Å². The van der Waals surface area contributed by atoms with E-state index < -0.39 is 0 Å². The zero-order valence-corrected chi connectivity index (χ0v) is 9.97. The lowest BCUT2D eigenvalue weighted by Gasteiger charge is -2.05. The summed E-state index contributed by atoms with van der Waals surface area (Å²) in [5.41, 5.74) is 3.18. The van der Waals surface area contributed by atoms with Gasteiger partial charge < -0.3 is 0 Å². The van der Waals surface area contributed by atoms with Crippen LogP contribution >= 0.6 is 23.2 Å². The molecule has 15 heavy (non-hydrogen) atoms. The van der Waals surface area contributed by atoms with Crippen LogP contribution in [0.4, 0.5) is 0 Å². The van der Waals surface area contributed by atoms with Gasteiger partial charge >= 0.3 is 0 Å². The second kappa shape index (κ2) is 3.87. The van der Waals surface area contributed by atoms with E-state index in [9.17, 15) is 0 Å². The molecule has 0 N–H and O–H groups in total. The summed E-state index contributed by atoms with van der Waals surface area (Å²) in [6.07, 6.45) is 1.83. The molecule has 0 fully saturated rings. The van der Waals surface area contributed by atoms with Crippen LogP contribution in [0.25, 0.3) is 5.69 Å². The molecule has 0 amide bonds. The Labute approximate surface area is 98.4 Å². The van der Waals surface area contributed by atoms with Crippen LogP contribution in [0.3, 0.4) is 0 Å². The molecular weight excluding hydrogens is 231 g/mol. The van der Waals surface area contributed by atoms with Gasteiger partial charge in [-0.25, -0.2) is 4.68 Å². The number of aromatic nitrogens is 2. The molecular formula is C11H10Cl2N2. The van der Waals surface area contributed by atoms with E-state index in [0.717, 1.165) is 16.9 Å². The van der Waals surface area contributed by atoms with Crippen LogP contribution in [0.2, 0.25) is 10.0 Å². The first-order valence-corrected chi connectivity index (χ1v) is 5.32. The maximum atomic E-state index is 5.95. The highest BCUT2D eigenvalue weighted by atomic mass is 35.5. The highest BCUT2D eigenvalue weighted by molar-refractivity contribution is 6.42. The first kappa shape index (κ1) is 10.5. The minimum Gasteiger partial charge on any atom is -0.238 e. The number of benzene rings is 1. The van der Waals surface area contributed by atoms with Gasteiger partial charge in [0.05, 0.1) is 21.9 Å². The van der Waals surface area contributed by atoms with E-state index in [0.29, 0.717) is 10.0 Å². The number of hydrogen-bond acceptors (Lipinski definition) is 1. The van der Waals surface area contributed by atoms with Gasteiger partial charge in [0.15, 0.2) is 0 Å². The Morgan fingerprint density at radius 3 is 2.40 bits per heavy atom. The first-order chi connectivity index (χ1) is 7.09. The molecule has 2 nitrogen and oxygen atoms in total. The van der Waals surface area contributed by atoms with Crippen LogP contribution < -0.4 is 0 Å². The Hall–Kier alpha value is -0.990. The maximum absolute atomic E-state index is 5.95. The highest BCUT2D eigenvalue weighted by Gasteiger charge is 2.06. The fourth-order valence-corrected chi connectivity index (χ4v) is 1.66. The van der Waals surface area contributed by atoms with Crippen molar-refractivity contribution in [2.75, 3.05) is 0 Å². The van der Waals surface area contributed by atoms with Crippen molar-refractivity contribution in [3.63, 3.8) is 0 Å². The zero-order chi connectivity index (χ0) is 11.0. The minimum atomic E-state index is 0.543. The van der Waals surface area contributed by atoms with Gasteiger partial charge in [-0.2, -0.15) is 5.10 Å². The lowest BCUT2D eigenvalue weighted by Crippen LogP contribution is -1.98. The van der Waals surface area contributed by atoms with Crippen LogP contribution in [0.15, 0.2) is 24.4 Å². The molecule has 0 saturated heterocycles. The Morgan fingerprint density at radius 2 is 1.87 bits per heavy atom. The molecule has 1 aromatic carbocycles. The van der Waals surface area contributed by atoms with E-state index in [-0.39, 0.29) is 0 Å². The van der Waals surface area contributed by atoms with Gasteiger partial charge in [0, 0.05) is 5.69 Å². The fraction of sp³-hybridized carbons (Fsp3) is 0.182. The number of nitrogens with zero attached hydrogens (tertiary/aromatic N) is 2. The van der Waals surface area contributed by atoms with Crippen molar-refractivity contribution in [1.82, 2.24) is 9.78 Å². The summed E-state index contributed by atoms with van der Waals surface area (Å²) in [7, 11) is 0. The van der Waals surface area contributed by atoms with Crippen LogP contribution in [0.1, 0.15) is 11.3 Å². The van der Waals surface area contributed by atoms with E-state index in [2.05, 4.69) is 5.10 Å². The van der Waals surface area contributed by atoms with Gasteiger partial charge in [-0.3, -0.25) is 0 Å². The highest BCUT2D eigenvalue weighted by Crippen LogP contribution is 2.25. The molecule has 1 aromatic heterocycles. The number of halogens is 2. The van der Waals surface area contributed by atoms with E-state index in [4.69, 9.17) is 23.2 Å². The summed E-state index contributed by atoms with van der Waals surface area (Å²) in [4.78, 5) is 0. The molecule has 0 saturated carbocycles. The van der Waals surface area contributed by atoms with Crippen molar-refractivity contribution in [3.8, 4) is 5.69 Å². The number of hydrogen-bond donors (Lipinski definition) is 0. The van der Waals surface area contributed by atoms with Gasteiger partial charge in [-0.1, -0.05) is 23.2 Å². The Bertz CT molecular complexity index is 503. The van der Waals surface area contributed by atoms with Gasteiger partial charge in [0.25, 0.3) is 0 Å². The average molecular weight is 241 g/mol. The van der Waals surface area contributed by atoms with Crippen LogP contribution in [-0.4, -0.2) is 9.78 Å². The van der Waals surface area contributed by atoms with E-state index in [1.807, 2.05) is 36.9 Å². The standard InChI is InChI=1S/C11H10Cl2N2/c1-7-6-14-15(8(7)2)9-3-4-10(12)11(13)5-9/h3-6H,1-2H3.